The third kappa shape index (κ3) is 2.95. The number of aromatic hydroxyl groups is 1. The summed E-state index contributed by atoms with van der Waals surface area (Å²) < 4.78 is 5.55. The maximum atomic E-state index is 12.6. The summed E-state index contributed by atoms with van der Waals surface area (Å²) in [6.45, 7) is 0. The quantitative estimate of drug-likeness (QED) is 0.678. The van der Waals surface area contributed by atoms with Crippen LogP contribution in [0.3, 0.4) is 0 Å². The average molecular weight is 343 g/mol. The molecule has 1 heterocycles. The normalized spacial score (nSPS) is 16.2. The Bertz CT molecular complexity index is 803. The fourth-order valence-corrected chi connectivity index (χ4v) is 3.52. The van der Waals surface area contributed by atoms with Crippen LogP contribution < -0.4 is 9.64 Å². The lowest BCUT2D eigenvalue weighted by atomic mass is 10.1. The number of hydrogen-bond donors (Lipinski definition) is 1. The van der Waals surface area contributed by atoms with Gasteiger partial charge in [-0.2, -0.15) is 0 Å². The molecule has 0 saturated carbocycles. The molecule has 2 aromatic carbocycles. The van der Waals surface area contributed by atoms with Crippen molar-refractivity contribution in [2.75, 3.05) is 12.0 Å². The van der Waals surface area contributed by atoms with Gasteiger partial charge in [0, 0.05) is 5.56 Å². The topological polar surface area (TPSA) is 49.8 Å². The van der Waals surface area contributed by atoms with E-state index in [9.17, 15) is 9.90 Å². The summed E-state index contributed by atoms with van der Waals surface area (Å²) in [7, 11) is 1.48. The molecule has 1 N–H and O–H groups in total. The molecule has 6 heteroatoms. The molecule has 1 aliphatic heterocycles. The van der Waals surface area contributed by atoms with Crippen LogP contribution >= 0.6 is 24.0 Å². The molecule has 0 bridgehead atoms. The number of phenolic OH excluding ortho intramolecular Hbond substituents is 1. The molecule has 1 aliphatic rings. The van der Waals surface area contributed by atoms with Gasteiger partial charge in [-0.1, -0.05) is 54.3 Å². The van der Waals surface area contributed by atoms with E-state index in [1.54, 1.807) is 24.3 Å². The predicted octanol–water partition coefficient (Wildman–Crippen LogP) is 3.81. The lowest BCUT2D eigenvalue weighted by molar-refractivity contribution is -0.113. The van der Waals surface area contributed by atoms with Gasteiger partial charge in [-0.15, -0.1) is 0 Å². The van der Waals surface area contributed by atoms with E-state index >= 15 is 0 Å². The second-order valence-electron chi connectivity index (χ2n) is 4.75. The number of amides is 1. The molecule has 1 fully saturated rings. The Labute approximate surface area is 143 Å². The van der Waals surface area contributed by atoms with E-state index in [0.29, 0.717) is 20.5 Å². The highest BCUT2D eigenvalue weighted by molar-refractivity contribution is 8.27. The molecule has 0 aliphatic carbocycles. The summed E-state index contributed by atoms with van der Waals surface area (Å²) in [4.78, 5) is 14.6. The van der Waals surface area contributed by atoms with Crippen molar-refractivity contribution in [3.8, 4) is 11.5 Å². The third-order valence-electron chi connectivity index (χ3n) is 3.34. The van der Waals surface area contributed by atoms with Crippen LogP contribution in [0.2, 0.25) is 0 Å². The van der Waals surface area contributed by atoms with Crippen LogP contribution in [0.25, 0.3) is 6.08 Å². The van der Waals surface area contributed by atoms with Crippen molar-refractivity contribution in [1.82, 2.24) is 0 Å². The number of anilines is 1. The third-order valence-corrected chi connectivity index (χ3v) is 4.65. The number of benzene rings is 2. The van der Waals surface area contributed by atoms with Gasteiger partial charge >= 0.3 is 0 Å². The first-order valence-corrected chi connectivity index (χ1v) is 8.03. The average Bonchev–Trinajstić information content (AvgIpc) is 2.84. The Balaban J connectivity index is 1.97. The SMILES string of the molecule is COc1cccc(/C=C2/SC(=S)N(c3ccccc3)C2=O)c1O. The summed E-state index contributed by atoms with van der Waals surface area (Å²) in [5.74, 6) is 0.158. The highest BCUT2D eigenvalue weighted by Crippen LogP contribution is 2.38. The molecule has 1 amide bonds. The number of thioether (sulfide) groups is 1. The number of carbonyl (C=O) groups excluding carboxylic acids is 1. The number of nitrogens with zero attached hydrogens (tertiary/aromatic N) is 1. The smallest absolute Gasteiger partial charge is 0.270 e. The number of para-hydroxylation sites is 2. The van der Waals surface area contributed by atoms with E-state index in [0.717, 1.165) is 5.69 Å². The standard InChI is InChI=1S/C17H13NO3S2/c1-21-13-9-5-6-11(15(13)19)10-14-16(20)18(17(22)23-14)12-7-3-2-4-8-12/h2-10,19H,1H3/b14-10+. The fourth-order valence-electron chi connectivity index (χ4n) is 2.23. The zero-order valence-electron chi connectivity index (χ0n) is 12.2. The van der Waals surface area contributed by atoms with Gasteiger partial charge in [0.1, 0.15) is 0 Å². The zero-order chi connectivity index (χ0) is 16.4. The first-order chi connectivity index (χ1) is 11.1. The molecule has 116 valence electrons. The maximum absolute atomic E-state index is 12.6. The summed E-state index contributed by atoms with van der Waals surface area (Å²) in [5.41, 5.74) is 1.24. The van der Waals surface area contributed by atoms with Crippen molar-refractivity contribution >= 4 is 46.0 Å². The van der Waals surface area contributed by atoms with E-state index in [1.807, 2.05) is 30.3 Å². The van der Waals surface area contributed by atoms with Gasteiger partial charge in [-0.25, -0.2) is 0 Å². The molecule has 1 saturated heterocycles. The Morgan fingerprint density at radius 3 is 2.61 bits per heavy atom. The van der Waals surface area contributed by atoms with Crippen molar-refractivity contribution < 1.29 is 14.6 Å². The first-order valence-electron chi connectivity index (χ1n) is 6.81. The van der Waals surface area contributed by atoms with Crippen molar-refractivity contribution in [3.63, 3.8) is 0 Å². The van der Waals surface area contributed by atoms with Crippen LogP contribution in [0.15, 0.2) is 53.4 Å². The van der Waals surface area contributed by atoms with Gasteiger partial charge in [0.2, 0.25) is 0 Å². The van der Waals surface area contributed by atoms with Crippen LogP contribution in [0.1, 0.15) is 5.56 Å². The minimum Gasteiger partial charge on any atom is -0.504 e. The molecule has 0 atom stereocenters. The minimum atomic E-state index is -0.201. The Kier molecular flexibility index (Phi) is 4.36. The number of carbonyl (C=O) groups is 1. The minimum absolute atomic E-state index is 0.0000190. The van der Waals surface area contributed by atoms with Crippen LogP contribution in [0, 0.1) is 0 Å². The van der Waals surface area contributed by atoms with Gasteiger partial charge in [-0.05, 0) is 24.3 Å². The lowest BCUT2D eigenvalue weighted by Gasteiger charge is -2.13. The van der Waals surface area contributed by atoms with Crippen LogP contribution in [0.4, 0.5) is 5.69 Å². The zero-order valence-corrected chi connectivity index (χ0v) is 13.9. The number of thiocarbonyl (C=S) groups is 1. The molecule has 2 aromatic rings. The fraction of sp³-hybridized carbons (Fsp3) is 0.0588. The van der Waals surface area contributed by atoms with E-state index in [4.69, 9.17) is 17.0 Å². The number of methoxy groups -OCH3 is 1. The largest absolute Gasteiger partial charge is 0.504 e. The van der Waals surface area contributed by atoms with E-state index < -0.39 is 0 Å². The Morgan fingerprint density at radius 2 is 1.91 bits per heavy atom. The first kappa shape index (κ1) is 15.6. The molecule has 23 heavy (non-hydrogen) atoms. The second-order valence-corrected chi connectivity index (χ2v) is 6.43. The maximum Gasteiger partial charge on any atom is 0.270 e. The van der Waals surface area contributed by atoms with Crippen molar-refractivity contribution in [2.24, 2.45) is 0 Å². The summed E-state index contributed by atoms with van der Waals surface area (Å²) in [6.07, 6.45) is 1.63. The van der Waals surface area contributed by atoms with Crippen LogP contribution in [0.5, 0.6) is 11.5 Å². The van der Waals surface area contributed by atoms with Gasteiger partial charge in [0.25, 0.3) is 5.91 Å². The lowest BCUT2D eigenvalue weighted by Crippen LogP contribution is -2.27. The Hall–Kier alpha value is -2.31. The van der Waals surface area contributed by atoms with E-state index in [1.165, 1.54) is 23.8 Å². The molecule has 0 radical (unpaired) electrons. The molecular weight excluding hydrogens is 330 g/mol. The molecule has 0 unspecified atom stereocenters. The molecule has 0 aromatic heterocycles. The second kappa shape index (κ2) is 6.44. The van der Waals surface area contributed by atoms with Crippen LogP contribution in [-0.2, 0) is 4.79 Å². The molecule has 0 spiro atoms. The highest BCUT2D eigenvalue weighted by atomic mass is 32.2. The number of rotatable bonds is 3. The van der Waals surface area contributed by atoms with Gasteiger partial charge < -0.3 is 9.84 Å². The van der Waals surface area contributed by atoms with E-state index in [-0.39, 0.29) is 11.7 Å². The predicted molar refractivity (Wildman–Crippen MR) is 96.8 cm³/mol. The van der Waals surface area contributed by atoms with Crippen LogP contribution in [-0.4, -0.2) is 22.4 Å². The van der Waals surface area contributed by atoms with Gasteiger partial charge in [-0.3, -0.25) is 9.69 Å². The summed E-state index contributed by atoms with van der Waals surface area (Å²) >= 11 is 6.52. The molecular formula is C17H13NO3S2. The monoisotopic (exact) mass is 343 g/mol. The van der Waals surface area contributed by atoms with Crippen molar-refractivity contribution in [2.45, 2.75) is 0 Å². The Morgan fingerprint density at radius 1 is 1.17 bits per heavy atom. The number of hydrogen-bond acceptors (Lipinski definition) is 5. The van der Waals surface area contributed by atoms with Gasteiger partial charge in [0.05, 0.1) is 17.7 Å². The number of phenols is 1. The summed E-state index contributed by atoms with van der Waals surface area (Å²) in [6, 6.07) is 14.4. The van der Waals surface area contributed by atoms with Crippen molar-refractivity contribution in [1.29, 1.82) is 0 Å². The summed E-state index contributed by atoms with van der Waals surface area (Å²) in [5, 5.41) is 10.1. The van der Waals surface area contributed by atoms with Crippen molar-refractivity contribution in [3.05, 3.63) is 59.0 Å². The van der Waals surface area contributed by atoms with E-state index in [2.05, 4.69) is 0 Å². The number of ether oxygens (including phenoxy) is 1. The highest BCUT2D eigenvalue weighted by Gasteiger charge is 2.33. The molecule has 3 rings (SSSR count). The molecule has 4 nitrogen and oxygen atoms in total. The van der Waals surface area contributed by atoms with Gasteiger partial charge in [0.15, 0.2) is 15.8 Å².